The summed E-state index contributed by atoms with van der Waals surface area (Å²) in [6.07, 6.45) is 6.10. The summed E-state index contributed by atoms with van der Waals surface area (Å²) >= 11 is 0. The van der Waals surface area contributed by atoms with Crippen LogP contribution in [0.4, 0.5) is 0 Å². The summed E-state index contributed by atoms with van der Waals surface area (Å²) < 4.78 is 1.94. The molecule has 0 fully saturated rings. The van der Waals surface area contributed by atoms with Gasteiger partial charge in [0.25, 0.3) is 0 Å². The molecular formula is C11H22N4. The quantitative estimate of drug-likeness (QED) is 0.550. The zero-order chi connectivity index (χ0) is 11.3. The summed E-state index contributed by atoms with van der Waals surface area (Å²) in [6, 6.07) is 0.338. The van der Waals surface area contributed by atoms with E-state index in [-0.39, 0.29) is 0 Å². The monoisotopic (exact) mass is 210 g/mol. The summed E-state index contributed by atoms with van der Waals surface area (Å²) in [4.78, 5) is 0. The molecule has 2 atom stereocenters. The highest BCUT2D eigenvalue weighted by atomic mass is 15.3. The number of nitrogens with one attached hydrogen (secondary N) is 1. The Labute approximate surface area is 91.8 Å². The van der Waals surface area contributed by atoms with Gasteiger partial charge in [-0.2, -0.15) is 5.10 Å². The molecule has 0 amide bonds. The van der Waals surface area contributed by atoms with Gasteiger partial charge in [-0.15, -0.1) is 0 Å². The number of aryl methyl sites for hydroxylation is 1. The molecule has 86 valence electrons. The van der Waals surface area contributed by atoms with E-state index in [9.17, 15) is 0 Å². The van der Waals surface area contributed by atoms with Gasteiger partial charge in [-0.1, -0.05) is 20.3 Å². The topological polar surface area (TPSA) is 55.9 Å². The van der Waals surface area contributed by atoms with Crippen molar-refractivity contribution in [1.82, 2.24) is 15.2 Å². The number of nitrogens with zero attached hydrogens (tertiary/aromatic N) is 2. The van der Waals surface area contributed by atoms with Crippen LogP contribution < -0.4 is 11.3 Å². The summed E-state index contributed by atoms with van der Waals surface area (Å²) in [5, 5.41) is 4.26. The largest absolute Gasteiger partial charge is 0.273 e. The molecule has 1 rings (SSSR count). The minimum Gasteiger partial charge on any atom is -0.273 e. The van der Waals surface area contributed by atoms with E-state index < -0.39 is 0 Å². The number of aromatic nitrogens is 2. The van der Waals surface area contributed by atoms with Crippen LogP contribution in [-0.2, 0) is 13.0 Å². The minimum atomic E-state index is 0.338. The normalized spacial score (nSPS) is 15.2. The fourth-order valence-corrected chi connectivity index (χ4v) is 1.65. The summed E-state index contributed by atoms with van der Waals surface area (Å²) in [7, 11) is 0. The van der Waals surface area contributed by atoms with Crippen LogP contribution in [0.15, 0.2) is 12.4 Å². The van der Waals surface area contributed by atoms with Crippen molar-refractivity contribution in [2.75, 3.05) is 0 Å². The van der Waals surface area contributed by atoms with Gasteiger partial charge in [0, 0.05) is 18.8 Å². The van der Waals surface area contributed by atoms with Gasteiger partial charge in [0.05, 0.1) is 6.20 Å². The molecule has 1 aromatic rings. The molecule has 3 N–H and O–H groups in total. The third-order valence-electron chi connectivity index (χ3n) is 3.01. The lowest BCUT2D eigenvalue weighted by atomic mass is 9.95. The van der Waals surface area contributed by atoms with Gasteiger partial charge in [-0.05, 0) is 24.8 Å². The highest BCUT2D eigenvalue weighted by molar-refractivity contribution is 5.06. The predicted molar refractivity (Wildman–Crippen MR) is 62.2 cm³/mol. The Kier molecular flexibility index (Phi) is 4.78. The average molecular weight is 210 g/mol. The van der Waals surface area contributed by atoms with Gasteiger partial charge < -0.3 is 0 Å². The van der Waals surface area contributed by atoms with Gasteiger partial charge >= 0.3 is 0 Å². The van der Waals surface area contributed by atoms with Gasteiger partial charge in [0.2, 0.25) is 0 Å². The minimum absolute atomic E-state index is 0.338. The molecule has 2 unspecified atom stereocenters. The Morgan fingerprint density at radius 1 is 1.53 bits per heavy atom. The second-order valence-corrected chi connectivity index (χ2v) is 4.07. The maximum absolute atomic E-state index is 5.56. The van der Waals surface area contributed by atoms with Crippen LogP contribution in [0.5, 0.6) is 0 Å². The molecular weight excluding hydrogens is 188 g/mol. The van der Waals surface area contributed by atoms with Crippen LogP contribution in [0, 0.1) is 5.92 Å². The molecule has 1 aromatic heterocycles. The zero-order valence-corrected chi connectivity index (χ0v) is 9.90. The molecule has 4 nitrogen and oxygen atoms in total. The van der Waals surface area contributed by atoms with Gasteiger partial charge in [-0.25, -0.2) is 0 Å². The molecule has 0 saturated heterocycles. The molecule has 0 aromatic carbocycles. The third kappa shape index (κ3) is 3.32. The van der Waals surface area contributed by atoms with E-state index in [0.717, 1.165) is 19.4 Å². The fraction of sp³-hybridized carbons (Fsp3) is 0.727. The molecule has 0 aliphatic carbocycles. The highest BCUT2D eigenvalue weighted by Crippen LogP contribution is 2.12. The van der Waals surface area contributed by atoms with Crippen molar-refractivity contribution in [3.8, 4) is 0 Å². The van der Waals surface area contributed by atoms with Crippen molar-refractivity contribution < 1.29 is 0 Å². The molecule has 0 saturated carbocycles. The Hall–Kier alpha value is -0.870. The number of hydrogen-bond acceptors (Lipinski definition) is 3. The van der Waals surface area contributed by atoms with E-state index in [0.29, 0.717) is 12.0 Å². The summed E-state index contributed by atoms with van der Waals surface area (Å²) in [6.45, 7) is 7.41. The standard InChI is InChI=1S/C11H22N4/c1-4-9(3)11(14-12)6-10-7-13-15(5-2)8-10/h7-9,11,14H,4-6,12H2,1-3H3. The second-order valence-electron chi connectivity index (χ2n) is 4.07. The van der Waals surface area contributed by atoms with Crippen molar-refractivity contribution in [1.29, 1.82) is 0 Å². The highest BCUT2D eigenvalue weighted by Gasteiger charge is 2.15. The van der Waals surface area contributed by atoms with Crippen molar-refractivity contribution in [2.45, 2.75) is 46.2 Å². The maximum atomic E-state index is 5.56. The van der Waals surface area contributed by atoms with Crippen molar-refractivity contribution >= 4 is 0 Å². The lowest BCUT2D eigenvalue weighted by molar-refractivity contribution is 0.370. The van der Waals surface area contributed by atoms with E-state index in [1.165, 1.54) is 5.56 Å². The third-order valence-corrected chi connectivity index (χ3v) is 3.01. The van der Waals surface area contributed by atoms with Crippen molar-refractivity contribution in [3.63, 3.8) is 0 Å². The van der Waals surface area contributed by atoms with Crippen LogP contribution in [0.1, 0.15) is 32.8 Å². The van der Waals surface area contributed by atoms with E-state index in [1.807, 2.05) is 10.9 Å². The second kappa shape index (κ2) is 5.88. The SMILES string of the molecule is CCC(C)C(Cc1cnn(CC)c1)NN. The Bertz CT molecular complexity index is 282. The van der Waals surface area contributed by atoms with Gasteiger partial charge in [0.1, 0.15) is 0 Å². The average Bonchev–Trinajstić information content (AvgIpc) is 2.72. The first-order chi connectivity index (χ1) is 7.21. The van der Waals surface area contributed by atoms with Crippen molar-refractivity contribution in [3.05, 3.63) is 18.0 Å². The molecule has 1 heterocycles. The Balaban J connectivity index is 2.58. The lowest BCUT2D eigenvalue weighted by Crippen LogP contribution is -2.41. The molecule has 4 heteroatoms. The van der Waals surface area contributed by atoms with E-state index in [4.69, 9.17) is 5.84 Å². The molecule has 0 radical (unpaired) electrons. The van der Waals surface area contributed by atoms with E-state index in [1.54, 1.807) is 0 Å². The van der Waals surface area contributed by atoms with Gasteiger partial charge in [-0.3, -0.25) is 16.0 Å². The molecule has 0 aliphatic rings. The first-order valence-corrected chi connectivity index (χ1v) is 5.68. The smallest absolute Gasteiger partial charge is 0.0522 e. The number of rotatable bonds is 6. The van der Waals surface area contributed by atoms with Crippen LogP contribution in [-0.4, -0.2) is 15.8 Å². The first kappa shape index (κ1) is 12.2. The lowest BCUT2D eigenvalue weighted by Gasteiger charge is -2.21. The van der Waals surface area contributed by atoms with Crippen LogP contribution >= 0.6 is 0 Å². The zero-order valence-electron chi connectivity index (χ0n) is 9.90. The Morgan fingerprint density at radius 2 is 2.27 bits per heavy atom. The maximum Gasteiger partial charge on any atom is 0.0522 e. The molecule has 0 spiro atoms. The Morgan fingerprint density at radius 3 is 2.73 bits per heavy atom. The van der Waals surface area contributed by atoms with Gasteiger partial charge in [0.15, 0.2) is 0 Å². The summed E-state index contributed by atoms with van der Waals surface area (Å²) in [5.41, 5.74) is 4.14. The van der Waals surface area contributed by atoms with E-state index in [2.05, 4.69) is 37.5 Å². The number of hydrogen-bond donors (Lipinski definition) is 2. The predicted octanol–water partition coefficient (Wildman–Crippen LogP) is 1.32. The number of hydrazine groups is 1. The van der Waals surface area contributed by atoms with Crippen molar-refractivity contribution in [2.24, 2.45) is 11.8 Å². The molecule has 0 aliphatic heterocycles. The van der Waals surface area contributed by atoms with Crippen LogP contribution in [0.3, 0.4) is 0 Å². The summed E-state index contributed by atoms with van der Waals surface area (Å²) in [5.74, 6) is 6.14. The number of nitrogens with two attached hydrogens (primary N) is 1. The fourth-order valence-electron chi connectivity index (χ4n) is 1.65. The van der Waals surface area contributed by atoms with E-state index >= 15 is 0 Å². The molecule has 15 heavy (non-hydrogen) atoms. The van der Waals surface area contributed by atoms with Crippen LogP contribution in [0.25, 0.3) is 0 Å². The van der Waals surface area contributed by atoms with Crippen LogP contribution in [0.2, 0.25) is 0 Å². The molecule has 0 bridgehead atoms. The first-order valence-electron chi connectivity index (χ1n) is 5.68.